The molecule has 1 aromatic carbocycles. The number of methoxy groups -OCH3 is 1. The molecule has 1 aromatic rings. The van der Waals surface area contributed by atoms with Crippen LogP contribution in [0.4, 0.5) is 0 Å². The van der Waals surface area contributed by atoms with Gasteiger partial charge in [-0.1, -0.05) is 19.1 Å². The first kappa shape index (κ1) is 14.5. The summed E-state index contributed by atoms with van der Waals surface area (Å²) in [6, 6.07) is 7.81. The van der Waals surface area contributed by atoms with Crippen LogP contribution in [0.2, 0.25) is 0 Å². The summed E-state index contributed by atoms with van der Waals surface area (Å²) in [6.45, 7) is 2.31. The van der Waals surface area contributed by atoms with E-state index in [2.05, 4.69) is 0 Å². The fraction of sp³-hybridized carbons (Fsp3) is 0.500. The van der Waals surface area contributed by atoms with Gasteiger partial charge in [0.1, 0.15) is 5.75 Å². The van der Waals surface area contributed by atoms with Crippen molar-refractivity contribution in [3.63, 3.8) is 0 Å². The zero-order valence-electron chi connectivity index (χ0n) is 11.0. The lowest BCUT2D eigenvalue weighted by atomic mass is 9.81. The van der Waals surface area contributed by atoms with Crippen LogP contribution in [0.1, 0.15) is 25.3 Å². The van der Waals surface area contributed by atoms with E-state index >= 15 is 0 Å². The van der Waals surface area contributed by atoms with E-state index in [0.29, 0.717) is 6.54 Å². The molecule has 0 spiro atoms. The predicted molar refractivity (Wildman–Crippen MR) is 70.7 cm³/mol. The van der Waals surface area contributed by atoms with Gasteiger partial charge in [-0.2, -0.15) is 0 Å². The Balaban J connectivity index is 2.58. The smallest absolute Gasteiger partial charge is 0.303 e. The van der Waals surface area contributed by atoms with Crippen molar-refractivity contribution in [2.24, 2.45) is 11.1 Å². The van der Waals surface area contributed by atoms with Gasteiger partial charge in [0, 0.05) is 0 Å². The number of carboxylic acids is 1. The molecule has 3 N–H and O–H groups in total. The normalized spacial score (nSPS) is 13.9. The highest BCUT2D eigenvalue weighted by molar-refractivity contribution is 5.67. The van der Waals surface area contributed by atoms with E-state index in [-0.39, 0.29) is 11.8 Å². The van der Waals surface area contributed by atoms with E-state index in [1.165, 1.54) is 5.56 Å². The van der Waals surface area contributed by atoms with Crippen LogP contribution in [0.3, 0.4) is 0 Å². The van der Waals surface area contributed by atoms with Crippen LogP contribution in [0.5, 0.6) is 5.75 Å². The van der Waals surface area contributed by atoms with Gasteiger partial charge in [0.25, 0.3) is 0 Å². The molecule has 1 atom stereocenters. The minimum absolute atomic E-state index is 0.111. The van der Waals surface area contributed by atoms with Crippen LogP contribution < -0.4 is 10.5 Å². The number of benzene rings is 1. The lowest BCUT2D eigenvalue weighted by molar-refractivity contribution is -0.139. The quantitative estimate of drug-likeness (QED) is 0.778. The molecule has 100 valence electrons. The van der Waals surface area contributed by atoms with Crippen molar-refractivity contribution in [2.45, 2.75) is 26.2 Å². The Morgan fingerprint density at radius 3 is 2.44 bits per heavy atom. The van der Waals surface area contributed by atoms with Gasteiger partial charge in [-0.25, -0.2) is 0 Å². The largest absolute Gasteiger partial charge is 0.497 e. The van der Waals surface area contributed by atoms with Gasteiger partial charge in [0.05, 0.1) is 13.5 Å². The highest BCUT2D eigenvalue weighted by Crippen LogP contribution is 2.27. The molecule has 18 heavy (non-hydrogen) atoms. The summed E-state index contributed by atoms with van der Waals surface area (Å²) in [7, 11) is 1.63. The average Bonchev–Trinajstić information content (AvgIpc) is 2.36. The number of carboxylic acid groups (broad SMARTS) is 1. The van der Waals surface area contributed by atoms with Crippen molar-refractivity contribution in [3.8, 4) is 5.75 Å². The number of aliphatic carboxylic acids is 1. The summed E-state index contributed by atoms with van der Waals surface area (Å²) < 4.78 is 5.09. The van der Waals surface area contributed by atoms with Crippen molar-refractivity contribution >= 4 is 5.97 Å². The third-order valence-electron chi connectivity index (χ3n) is 3.25. The van der Waals surface area contributed by atoms with Gasteiger partial charge >= 0.3 is 5.97 Å². The Morgan fingerprint density at radius 1 is 1.39 bits per heavy atom. The van der Waals surface area contributed by atoms with E-state index in [9.17, 15) is 4.79 Å². The average molecular weight is 251 g/mol. The maximum atomic E-state index is 10.8. The monoisotopic (exact) mass is 251 g/mol. The molecule has 0 heterocycles. The molecule has 0 aliphatic heterocycles. The van der Waals surface area contributed by atoms with Gasteiger partial charge in [0.15, 0.2) is 0 Å². The van der Waals surface area contributed by atoms with E-state index in [0.717, 1.165) is 18.6 Å². The molecule has 0 aliphatic rings. The van der Waals surface area contributed by atoms with Crippen molar-refractivity contribution < 1.29 is 14.6 Å². The number of hydrogen-bond donors (Lipinski definition) is 2. The molecule has 0 bridgehead atoms. The summed E-state index contributed by atoms with van der Waals surface area (Å²) >= 11 is 0. The Labute approximate surface area is 108 Å². The maximum Gasteiger partial charge on any atom is 0.303 e. The first-order valence-electron chi connectivity index (χ1n) is 6.04. The Morgan fingerprint density at radius 2 is 2.00 bits per heavy atom. The maximum absolute atomic E-state index is 10.8. The van der Waals surface area contributed by atoms with Gasteiger partial charge < -0.3 is 15.6 Å². The summed E-state index contributed by atoms with van der Waals surface area (Å²) in [6.07, 6.45) is 1.70. The van der Waals surface area contributed by atoms with E-state index in [1.807, 2.05) is 31.2 Å². The van der Waals surface area contributed by atoms with Gasteiger partial charge in [-0.15, -0.1) is 0 Å². The lowest BCUT2D eigenvalue weighted by Crippen LogP contribution is -2.30. The van der Waals surface area contributed by atoms with Crippen LogP contribution in [0.15, 0.2) is 24.3 Å². The number of carbonyl (C=O) groups is 1. The lowest BCUT2D eigenvalue weighted by Gasteiger charge is -2.26. The third kappa shape index (κ3) is 4.37. The predicted octanol–water partition coefficient (Wildman–Crippen LogP) is 2.07. The fourth-order valence-corrected chi connectivity index (χ4v) is 1.87. The number of aryl methyl sites for hydroxylation is 1. The highest BCUT2D eigenvalue weighted by Gasteiger charge is 2.25. The van der Waals surface area contributed by atoms with Gasteiger partial charge in [0.2, 0.25) is 0 Å². The SMILES string of the molecule is COc1ccc(CCC(C)(CN)CC(=O)O)cc1. The van der Waals surface area contributed by atoms with Crippen molar-refractivity contribution in [2.75, 3.05) is 13.7 Å². The Kier molecular flexibility index (Phi) is 5.16. The summed E-state index contributed by atoms with van der Waals surface area (Å²) in [4.78, 5) is 10.8. The number of rotatable bonds is 7. The van der Waals surface area contributed by atoms with Gasteiger partial charge in [-0.3, -0.25) is 4.79 Å². The Hall–Kier alpha value is -1.55. The third-order valence-corrected chi connectivity index (χ3v) is 3.25. The minimum atomic E-state index is -0.794. The van der Waals surface area contributed by atoms with Crippen LogP contribution in [0, 0.1) is 5.41 Å². The molecule has 4 heteroatoms. The highest BCUT2D eigenvalue weighted by atomic mass is 16.5. The molecular formula is C14H21NO3. The zero-order valence-corrected chi connectivity index (χ0v) is 11.0. The molecule has 4 nitrogen and oxygen atoms in total. The topological polar surface area (TPSA) is 72.5 Å². The fourth-order valence-electron chi connectivity index (χ4n) is 1.87. The number of nitrogens with two attached hydrogens (primary N) is 1. The molecule has 0 radical (unpaired) electrons. The second-order valence-corrected chi connectivity index (χ2v) is 4.93. The van der Waals surface area contributed by atoms with Crippen molar-refractivity contribution in [1.82, 2.24) is 0 Å². The minimum Gasteiger partial charge on any atom is -0.497 e. The molecule has 0 saturated carbocycles. The first-order chi connectivity index (χ1) is 8.49. The molecular weight excluding hydrogens is 230 g/mol. The second-order valence-electron chi connectivity index (χ2n) is 4.93. The van der Waals surface area contributed by atoms with E-state index < -0.39 is 5.97 Å². The van der Waals surface area contributed by atoms with Crippen molar-refractivity contribution in [1.29, 1.82) is 0 Å². The first-order valence-corrected chi connectivity index (χ1v) is 6.04. The molecule has 0 fully saturated rings. The zero-order chi connectivity index (χ0) is 13.6. The van der Waals surface area contributed by atoms with Crippen LogP contribution in [-0.4, -0.2) is 24.7 Å². The summed E-state index contributed by atoms with van der Waals surface area (Å²) in [5, 5.41) is 8.87. The molecule has 0 aliphatic carbocycles. The summed E-state index contributed by atoms with van der Waals surface area (Å²) in [5.74, 6) is 0.0311. The van der Waals surface area contributed by atoms with Crippen molar-refractivity contribution in [3.05, 3.63) is 29.8 Å². The number of hydrogen-bond acceptors (Lipinski definition) is 3. The molecule has 1 unspecified atom stereocenters. The molecule has 0 aromatic heterocycles. The van der Waals surface area contributed by atoms with Crippen LogP contribution >= 0.6 is 0 Å². The van der Waals surface area contributed by atoms with E-state index in [1.54, 1.807) is 7.11 Å². The summed E-state index contributed by atoms with van der Waals surface area (Å²) in [5.41, 5.74) is 6.51. The molecule has 0 saturated heterocycles. The van der Waals surface area contributed by atoms with Crippen LogP contribution in [-0.2, 0) is 11.2 Å². The van der Waals surface area contributed by atoms with Crippen LogP contribution in [0.25, 0.3) is 0 Å². The molecule has 0 amide bonds. The Bertz CT molecular complexity index is 389. The molecule has 1 rings (SSSR count). The number of ether oxygens (including phenoxy) is 1. The standard InChI is InChI=1S/C14H21NO3/c1-14(10-15,9-13(16)17)8-7-11-3-5-12(18-2)6-4-11/h3-6H,7-10,15H2,1-2H3,(H,16,17). The second kappa shape index (κ2) is 6.40. The van der Waals surface area contributed by atoms with E-state index in [4.69, 9.17) is 15.6 Å². The van der Waals surface area contributed by atoms with Gasteiger partial charge in [-0.05, 0) is 42.5 Å².